The Kier molecular flexibility index (Phi) is 12.4. The predicted molar refractivity (Wildman–Crippen MR) is 201 cm³/mol. The van der Waals surface area contributed by atoms with E-state index >= 15 is 0 Å². The molecular weight excluding hydrogens is 738 g/mol. The van der Waals surface area contributed by atoms with Gasteiger partial charge in [0, 0.05) is 19.8 Å². The van der Waals surface area contributed by atoms with E-state index in [1.54, 1.807) is 24.3 Å². The highest BCUT2D eigenvalue weighted by atomic mass is 16.4. The molecule has 6 rings (SSSR count). The Morgan fingerprint density at radius 3 is 1.39 bits per heavy atom. The molecule has 4 heterocycles. The normalized spacial score (nSPS) is 15.0. The van der Waals surface area contributed by atoms with Gasteiger partial charge in [0.05, 0.1) is 48.4 Å². The van der Waals surface area contributed by atoms with Gasteiger partial charge in [0.1, 0.15) is 36.6 Å². The molecule has 300 valence electrons. The topological polar surface area (TPSA) is 326 Å². The minimum absolute atomic E-state index is 0.0516. The summed E-state index contributed by atoms with van der Waals surface area (Å²) in [5.74, 6) is -0.117. The fourth-order valence-corrected chi connectivity index (χ4v) is 6.15. The molecule has 0 aromatic heterocycles. The molecule has 0 bridgehead atoms. The van der Waals surface area contributed by atoms with E-state index < -0.39 is 72.3 Å². The van der Waals surface area contributed by atoms with Crippen molar-refractivity contribution in [3.05, 3.63) is 82.6 Å². The van der Waals surface area contributed by atoms with Crippen LogP contribution in [0.5, 0.6) is 0 Å². The molecule has 0 aliphatic carbocycles. The lowest BCUT2D eigenvalue weighted by Crippen LogP contribution is -2.42. The van der Waals surface area contributed by atoms with Crippen molar-refractivity contribution in [3.8, 4) is 23.0 Å². The van der Waals surface area contributed by atoms with Crippen molar-refractivity contribution in [1.82, 2.24) is 39.0 Å². The average Bonchev–Trinajstić information content (AvgIpc) is 3.14. The Balaban J connectivity index is 0.000000215. The standard InChI is InChI=1S/C18H23N5O6.C17H20N4O6/c1-8-4-9-11(5-10(8)22(2)3)23(6-12(25)15(27)13(26)7-24)16-14(19-9)17(28)21-18(29)20-16;1-7-3-9-10(4-8(7)2)21(5-11(23)14(25)12(24)6-22)15-13(18-9)16(26)20-17(27)19-15/h4-5,12-13,15,24-27H,6-7H2,1-3H3,(H,21,28,29);3-4,11-12,14,22-25H,5-6H2,1-2H3,(H,20,26,27)/t12-,13+,15-;11-,12+,14-/m10/s1. The Hall–Kier alpha value is -5.52. The summed E-state index contributed by atoms with van der Waals surface area (Å²) in [4.78, 5) is 70.1. The molecule has 6 atom stereocenters. The maximum absolute atomic E-state index is 12.3. The summed E-state index contributed by atoms with van der Waals surface area (Å²) in [6.45, 7) is 3.56. The average molecular weight is 782 g/mol. The molecule has 0 fully saturated rings. The van der Waals surface area contributed by atoms with Gasteiger partial charge < -0.3 is 54.9 Å². The Morgan fingerprint density at radius 1 is 0.589 bits per heavy atom. The van der Waals surface area contributed by atoms with E-state index in [-0.39, 0.29) is 36.1 Å². The van der Waals surface area contributed by atoms with Gasteiger partial charge in [-0.3, -0.25) is 19.6 Å². The second-order valence-corrected chi connectivity index (χ2v) is 13.6. The van der Waals surface area contributed by atoms with Crippen LogP contribution < -0.4 is 27.4 Å². The third-order valence-electron chi connectivity index (χ3n) is 9.32. The number of H-pyrrole nitrogens is 2. The number of aliphatic hydroxyl groups is 8. The molecule has 0 saturated carbocycles. The first-order valence-electron chi connectivity index (χ1n) is 17.2. The van der Waals surface area contributed by atoms with E-state index in [4.69, 9.17) is 10.2 Å². The van der Waals surface area contributed by atoms with Gasteiger partial charge >= 0.3 is 11.4 Å². The van der Waals surface area contributed by atoms with E-state index in [1.807, 2.05) is 39.8 Å². The molecule has 2 aromatic rings. The van der Waals surface area contributed by atoms with Crippen LogP contribution in [-0.2, 0) is 13.1 Å². The number of hydrogen-bond acceptors (Lipinski definition) is 17. The van der Waals surface area contributed by atoms with E-state index in [0.29, 0.717) is 22.1 Å². The molecular formula is C35H43N9O12. The lowest BCUT2D eigenvalue weighted by Gasteiger charge is -2.25. The molecule has 0 saturated heterocycles. The molecule has 10 N–H and O–H groups in total. The van der Waals surface area contributed by atoms with E-state index in [2.05, 4.69) is 29.9 Å². The second-order valence-electron chi connectivity index (χ2n) is 13.6. The largest absolute Gasteiger partial charge is 0.394 e. The third kappa shape index (κ3) is 8.34. The van der Waals surface area contributed by atoms with Crippen molar-refractivity contribution in [2.24, 2.45) is 0 Å². The second kappa shape index (κ2) is 16.7. The van der Waals surface area contributed by atoms with Crippen molar-refractivity contribution >= 4 is 27.8 Å². The van der Waals surface area contributed by atoms with Crippen molar-refractivity contribution in [2.45, 2.75) is 70.5 Å². The first-order valence-corrected chi connectivity index (χ1v) is 17.2. The van der Waals surface area contributed by atoms with Gasteiger partial charge in [-0.2, -0.15) is 9.97 Å². The monoisotopic (exact) mass is 781 g/mol. The summed E-state index contributed by atoms with van der Waals surface area (Å²) in [6.07, 6.45) is -9.41. The number of benzene rings is 2. The zero-order valence-electron chi connectivity index (χ0n) is 30.9. The summed E-state index contributed by atoms with van der Waals surface area (Å²) in [5.41, 5.74) is 2.04. The number of fused-ring (bicyclic) bond motifs is 4. The van der Waals surface area contributed by atoms with Crippen LogP contribution in [0, 0.1) is 20.8 Å². The van der Waals surface area contributed by atoms with Crippen LogP contribution in [0.4, 0.5) is 5.69 Å². The number of rotatable bonds is 11. The summed E-state index contributed by atoms with van der Waals surface area (Å²) < 4.78 is 2.80. The number of nitrogens with zero attached hydrogens (tertiary/aromatic N) is 7. The van der Waals surface area contributed by atoms with Gasteiger partial charge in [-0.1, -0.05) is 0 Å². The van der Waals surface area contributed by atoms with Crippen LogP contribution in [0.3, 0.4) is 0 Å². The fourth-order valence-electron chi connectivity index (χ4n) is 6.15. The molecule has 21 nitrogen and oxygen atoms in total. The number of anilines is 1. The van der Waals surface area contributed by atoms with Crippen LogP contribution >= 0.6 is 0 Å². The Labute approximate surface area is 315 Å². The molecule has 0 amide bonds. The number of aromatic amines is 2. The van der Waals surface area contributed by atoms with E-state index in [9.17, 15) is 49.8 Å². The Bertz CT molecular complexity index is 2550. The lowest BCUT2D eigenvalue weighted by atomic mass is 10.1. The van der Waals surface area contributed by atoms with Crippen LogP contribution in [0.1, 0.15) is 16.7 Å². The third-order valence-corrected chi connectivity index (χ3v) is 9.32. The minimum atomic E-state index is -1.65. The van der Waals surface area contributed by atoms with Gasteiger partial charge in [0.15, 0.2) is 23.0 Å². The first kappa shape index (κ1) is 41.6. The number of aliphatic hydroxyl groups excluding tert-OH is 8. The summed E-state index contributed by atoms with van der Waals surface area (Å²) >= 11 is 0. The van der Waals surface area contributed by atoms with Crippen molar-refractivity contribution in [1.29, 1.82) is 0 Å². The van der Waals surface area contributed by atoms with Crippen molar-refractivity contribution in [2.75, 3.05) is 32.2 Å². The van der Waals surface area contributed by atoms with E-state index in [0.717, 1.165) is 22.4 Å². The molecule has 21 heteroatoms. The Morgan fingerprint density at radius 2 is 0.982 bits per heavy atom. The SMILES string of the molecule is Cc1cc2nc3c(=O)[nH]c(=O)nc-3n(C[C@@H](O)[C@@H](O)[C@@H](O)CO)c2cc1N(C)C.Cc1cc2nc3c(=O)[nH]c(=O)nc-3n(C[C@H](O)[C@H](O)[C@H](O)CO)c2cc1C. The van der Waals surface area contributed by atoms with Crippen LogP contribution in [0.2, 0.25) is 0 Å². The number of aromatic nitrogens is 8. The van der Waals surface area contributed by atoms with Gasteiger partial charge in [-0.05, 0) is 61.7 Å². The maximum atomic E-state index is 12.3. The molecule has 4 aliphatic rings. The number of nitrogens with one attached hydrogen (secondary N) is 2. The number of aryl methyl sites for hydroxylation is 3. The highest BCUT2D eigenvalue weighted by Crippen LogP contribution is 2.29. The van der Waals surface area contributed by atoms with Crippen LogP contribution in [-0.4, -0.2) is 144 Å². The molecule has 2 aromatic carbocycles. The van der Waals surface area contributed by atoms with Gasteiger partial charge in [-0.15, -0.1) is 0 Å². The van der Waals surface area contributed by atoms with Crippen molar-refractivity contribution < 1.29 is 40.9 Å². The smallest absolute Gasteiger partial charge is 0.349 e. The van der Waals surface area contributed by atoms with Gasteiger partial charge in [-0.25, -0.2) is 19.6 Å². The minimum Gasteiger partial charge on any atom is -0.394 e. The predicted octanol–water partition coefficient (Wildman–Crippen LogP) is -3.69. The molecule has 4 aliphatic heterocycles. The summed E-state index contributed by atoms with van der Waals surface area (Å²) in [7, 11) is 3.70. The van der Waals surface area contributed by atoms with Gasteiger partial charge in [0.2, 0.25) is 0 Å². The van der Waals surface area contributed by atoms with Crippen LogP contribution in [0.15, 0.2) is 43.4 Å². The zero-order chi connectivity index (χ0) is 41.3. The maximum Gasteiger partial charge on any atom is 0.349 e. The molecule has 0 radical (unpaired) electrons. The quantitative estimate of drug-likeness (QED) is 0.0566. The fraction of sp³-hybridized carbons (Fsp3) is 0.429. The molecule has 0 unspecified atom stereocenters. The molecule has 0 spiro atoms. The van der Waals surface area contributed by atoms with Crippen molar-refractivity contribution in [3.63, 3.8) is 0 Å². The highest BCUT2D eigenvalue weighted by molar-refractivity contribution is 5.84. The highest BCUT2D eigenvalue weighted by Gasteiger charge is 2.29. The van der Waals surface area contributed by atoms with E-state index in [1.165, 1.54) is 9.13 Å². The molecule has 56 heavy (non-hydrogen) atoms. The first-order chi connectivity index (χ1) is 26.4. The van der Waals surface area contributed by atoms with Crippen LogP contribution in [0.25, 0.3) is 45.1 Å². The number of hydrogen-bond donors (Lipinski definition) is 10. The lowest BCUT2D eigenvalue weighted by molar-refractivity contribution is -0.0802. The van der Waals surface area contributed by atoms with Gasteiger partial charge in [0.25, 0.3) is 11.1 Å². The zero-order valence-corrected chi connectivity index (χ0v) is 30.9. The summed E-state index contributed by atoms with van der Waals surface area (Å²) in [5, 5.41) is 77.9. The summed E-state index contributed by atoms with van der Waals surface area (Å²) in [6, 6.07) is 7.06.